The van der Waals surface area contributed by atoms with Gasteiger partial charge in [0.15, 0.2) is 0 Å². The topological polar surface area (TPSA) is 63.7 Å². The van der Waals surface area contributed by atoms with Crippen LogP contribution in [0.1, 0.15) is 22.8 Å². The summed E-state index contributed by atoms with van der Waals surface area (Å²) in [7, 11) is 0.525. The Kier molecular flexibility index (Phi) is 5.11. The highest BCUT2D eigenvalue weighted by molar-refractivity contribution is 9.10. The molecular weight excluding hydrogens is 334 g/mol. The number of methoxy groups -OCH3 is 1. The summed E-state index contributed by atoms with van der Waals surface area (Å²) in [6.07, 6.45) is 0.603. The van der Waals surface area contributed by atoms with Crippen molar-refractivity contribution >= 4 is 31.9 Å². The maximum atomic E-state index is 12.2. The van der Waals surface area contributed by atoms with E-state index in [4.69, 9.17) is 0 Å². The van der Waals surface area contributed by atoms with Gasteiger partial charge in [0, 0.05) is 18.6 Å². The van der Waals surface area contributed by atoms with Crippen LogP contribution in [0.15, 0.2) is 21.5 Å². The fraction of sp³-hybridized carbons (Fsp3) is 0.417. The van der Waals surface area contributed by atoms with Crippen molar-refractivity contribution in [3.8, 4) is 0 Å². The lowest BCUT2D eigenvalue weighted by Gasteiger charge is -2.15. The number of nitrogens with zero attached hydrogens (tertiary/aromatic N) is 1. The van der Waals surface area contributed by atoms with Crippen molar-refractivity contribution in [2.24, 2.45) is 0 Å². The molecule has 0 N–H and O–H groups in total. The minimum atomic E-state index is -3.62. The second kappa shape index (κ2) is 6.02. The number of benzene rings is 1. The summed E-state index contributed by atoms with van der Waals surface area (Å²) in [5, 5.41) is 0. The van der Waals surface area contributed by atoms with Crippen LogP contribution >= 0.6 is 15.9 Å². The van der Waals surface area contributed by atoms with Gasteiger partial charge in [0.1, 0.15) is 0 Å². The Bertz CT molecular complexity index is 596. The molecule has 0 aliphatic rings. The van der Waals surface area contributed by atoms with Gasteiger partial charge >= 0.3 is 5.97 Å². The van der Waals surface area contributed by atoms with Gasteiger partial charge in [-0.05, 0) is 40.0 Å². The van der Waals surface area contributed by atoms with Crippen LogP contribution in [0.4, 0.5) is 0 Å². The molecule has 106 valence electrons. The third kappa shape index (κ3) is 3.16. The number of halogens is 1. The van der Waals surface area contributed by atoms with Gasteiger partial charge in [-0.3, -0.25) is 0 Å². The normalized spacial score (nSPS) is 11.7. The lowest BCUT2D eigenvalue weighted by molar-refractivity contribution is 0.0599. The molecule has 0 aromatic heterocycles. The number of ether oxygens (including phenoxy) is 1. The Hall–Kier alpha value is -0.920. The number of aryl methyl sites for hydroxylation is 1. The van der Waals surface area contributed by atoms with Crippen LogP contribution in [-0.2, 0) is 21.2 Å². The molecule has 7 heteroatoms. The molecule has 0 fully saturated rings. The highest BCUT2D eigenvalue weighted by Gasteiger charge is 2.24. The molecule has 0 unspecified atom stereocenters. The van der Waals surface area contributed by atoms with E-state index in [1.807, 2.05) is 6.92 Å². The first-order valence-electron chi connectivity index (χ1n) is 5.59. The first-order valence-corrected chi connectivity index (χ1v) is 7.82. The molecular formula is C12H16BrNO4S. The number of esters is 1. The van der Waals surface area contributed by atoms with Crippen molar-refractivity contribution in [3.63, 3.8) is 0 Å². The van der Waals surface area contributed by atoms with E-state index in [0.29, 0.717) is 10.9 Å². The van der Waals surface area contributed by atoms with Gasteiger partial charge < -0.3 is 4.74 Å². The van der Waals surface area contributed by atoms with E-state index >= 15 is 0 Å². The van der Waals surface area contributed by atoms with Crippen LogP contribution < -0.4 is 0 Å². The highest BCUT2D eigenvalue weighted by atomic mass is 79.9. The largest absolute Gasteiger partial charge is 0.465 e. The van der Waals surface area contributed by atoms with Gasteiger partial charge in [0.25, 0.3) is 0 Å². The molecule has 1 rings (SSSR count). The van der Waals surface area contributed by atoms with E-state index < -0.39 is 16.0 Å². The Morgan fingerprint density at radius 1 is 1.37 bits per heavy atom. The van der Waals surface area contributed by atoms with Gasteiger partial charge in [0.05, 0.1) is 17.6 Å². The molecule has 0 amide bonds. The monoisotopic (exact) mass is 349 g/mol. The molecule has 0 aliphatic heterocycles. The van der Waals surface area contributed by atoms with E-state index in [9.17, 15) is 13.2 Å². The number of hydrogen-bond acceptors (Lipinski definition) is 4. The van der Waals surface area contributed by atoms with E-state index in [1.54, 1.807) is 6.07 Å². The lowest BCUT2D eigenvalue weighted by atomic mass is 10.1. The van der Waals surface area contributed by atoms with Crippen LogP contribution in [-0.4, -0.2) is 39.9 Å². The van der Waals surface area contributed by atoms with Crippen molar-refractivity contribution in [1.82, 2.24) is 4.31 Å². The van der Waals surface area contributed by atoms with Crippen molar-refractivity contribution in [1.29, 1.82) is 0 Å². The Labute approximate surface area is 121 Å². The number of hydrogen-bond donors (Lipinski definition) is 0. The van der Waals surface area contributed by atoms with Crippen LogP contribution in [0.5, 0.6) is 0 Å². The zero-order valence-electron chi connectivity index (χ0n) is 11.2. The average molecular weight is 350 g/mol. The molecule has 1 aromatic rings. The lowest BCUT2D eigenvalue weighted by Crippen LogP contribution is -2.23. The van der Waals surface area contributed by atoms with Crippen molar-refractivity contribution in [3.05, 3.63) is 27.7 Å². The van der Waals surface area contributed by atoms with Gasteiger partial charge in [-0.1, -0.05) is 6.92 Å². The van der Waals surface area contributed by atoms with Crippen LogP contribution in [0.25, 0.3) is 0 Å². The molecule has 19 heavy (non-hydrogen) atoms. The summed E-state index contributed by atoms with van der Waals surface area (Å²) in [4.78, 5) is 11.8. The Morgan fingerprint density at radius 3 is 2.37 bits per heavy atom. The summed E-state index contributed by atoms with van der Waals surface area (Å²) in [6.45, 7) is 1.88. The minimum Gasteiger partial charge on any atom is -0.465 e. The van der Waals surface area contributed by atoms with Gasteiger partial charge in [-0.2, -0.15) is 0 Å². The van der Waals surface area contributed by atoms with Crippen LogP contribution in [0.3, 0.4) is 0 Å². The summed E-state index contributed by atoms with van der Waals surface area (Å²) in [5.74, 6) is -0.542. The highest BCUT2D eigenvalue weighted by Crippen LogP contribution is 2.28. The molecule has 0 heterocycles. The number of carbonyl (C=O) groups excluding carboxylic acids is 1. The minimum absolute atomic E-state index is 0.0510. The Morgan fingerprint density at radius 2 is 1.95 bits per heavy atom. The fourth-order valence-corrected chi connectivity index (χ4v) is 3.55. The summed E-state index contributed by atoms with van der Waals surface area (Å²) >= 11 is 3.24. The molecule has 0 spiro atoms. The summed E-state index contributed by atoms with van der Waals surface area (Å²) in [5.41, 5.74) is 1.00. The standard InChI is InChI=1S/C12H16BrNO4S/c1-5-8-6-10(13)11(19(16,17)14(2)3)7-9(8)12(15)18-4/h6-7H,5H2,1-4H3. The first kappa shape index (κ1) is 16.1. The predicted octanol–water partition coefficient (Wildman–Crippen LogP) is 2.05. The summed E-state index contributed by atoms with van der Waals surface area (Å²) in [6, 6.07) is 2.99. The third-order valence-corrected chi connectivity index (χ3v) is 5.48. The van der Waals surface area contributed by atoms with Crippen molar-refractivity contribution in [2.45, 2.75) is 18.2 Å². The second-order valence-electron chi connectivity index (χ2n) is 4.07. The number of rotatable bonds is 4. The molecule has 0 saturated heterocycles. The molecule has 5 nitrogen and oxygen atoms in total. The first-order chi connectivity index (χ1) is 8.75. The average Bonchev–Trinajstić information content (AvgIpc) is 2.36. The zero-order chi connectivity index (χ0) is 14.8. The quantitative estimate of drug-likeness (QED) is 0.780. The Balaban J connectivity index is 3.57. The maximum Gasteiger partial charge on any atom is 0.338 e. The molecule has 0 radical (unpaired) electrons. The van der Waals surface area contributed by atoms with E-state index in [2.05, 4.69) is 20.7 Å². The zero-order valence-corrected chi connectivity index (χ0v) is 13.6. The van der Waals surface area contributed by atoms with Gasteiger partial charge in [0.2, 0.25) is 10.0 Å². The van der Waals surface area contributed by atoms with Gasteiger partial charge in [-0.15, -0.1) is 0 Å². The van der Waals surface area contributed by atoms with Crippen LogP contribution in [0.2, 0.25) is 0 Å². The molecule has 1 aromatic carbocycles. The number of carbonyl (C=O) groups is 1. The van der Waals surface area contributed by atoms with E-state index in [0.717, 1.165) is 9.87 Å². The van der Waals surface area contributed by atoms with E-state index in [-0.39, 0.29) is 10.5 Å². The van der Waals surface area contributed by atoms with E-state index in [1.165, 1.54) is 27.3 Å². The smallest absolute Gasteiger partial charge is 0.338 e. The maximum absolute atomic E-state index is 12.2. The van der Waals surface area contributed by atoms with Crippen molar-refractivity contribution in [2.75, 3.05) is 21.2 Å². The van der Waals surface area contributed by atoms with Gasteiger partial charge in [-0.25, -0.2) is 17.5 Å². The fourth-order valence-electron chi connectivity index (χ4n) is 1.58. The summed E-state index contributed by atoms with van der Waals surface area (Å²) < 4.78 is 30.5. The predicted molar refractivity (Wildman–Crippen MR) is 75.7 cm³/mol. The van der Waals surface area contributed by atoms with Crippen LogP contribution in [0, 0.1) is 0 Å². The molecule has 0 aliphatic carbocycles. The third-order valence-electron chi connectivity index (χ3n) is 2.70. The molecule has 0 bridgehead atoms. The van der Waals surface area contributed by atoms with Crippen molar-refractivity contribution < 1.29 is 17.9 Å². The molecule has 0 saturated carbocycles. The SMILES string of the molecule is CCc1cc(Br)c(S(=O)(=O)N(C)C)cc1C(=O)OC. The number of sulfonamides is 1. The molecule has 0 atom stereocenters. The second-order valence-corrected chi connectivity index (χ2v) is 7.05.